The first-order chi connectivity index (χ1) is 18.6. The van der Waals surface area contributed by atoms with Crippen molar-refractivity contribution >= 4 is 39.6 Å². The van der Waals surface area contributed by atoms with E-state index in [1.165, 1.54) is 0 Å². The largest absolute Gasteiger partial charge is 0.496 e. The van der Waals surface area contributed by atoms with Crippen LogP contribution >= 0.6 is 11.7 Å². The van der Waals surface area contributed by atoms with Gasteiger partial charge in [0.15, 0.2) is 0 Å². The molecule has 0 aliphatic carbocycles. The molecule has 8 heteroatoms. The van der Waals surface area contributed by atoms with Crippen LogP contribution in [0.2, 0.25) is 0 Å². The fraction of sp³-hybridized carbons (Fsp3) is 0.100. The maximum Gasteiger partial charge on any atom is 0.353 e. The van der Waals surface area contributed by atoms with Gasteiger partial charge in [-0.2, -0.15) is 8.75 Å². The molecule has 0 amide bonds. The molecule has 2 heterocycles. The molecule has 0 unspecified atom stereocenters. The second kappa shape index (κ2) is 9.99. The second-order valence-corrected chi connectivity index (χ2v) is 9.38. The number of rotatable bonds is 8. The van der Waals surface area contributed by atoms with E-state index in [2.05, 4.69) is 8.75 Å². The van der Waals surface area contributed by atoms with Gasteiger partial charge >= 0.3 is 5.97 Å². The molecule has 0 saturated carbocycles. The normalized spacial score (nSPS) is 11.2. The molecule has 188 valence electrons. The van der Waals surface area contributed by atoms with Crippen LogP contribution in [0.5, 0.6) is 11.5 Å². The maximum absolute atomic E-state index is 12.8. The van der Waals surface area contributed by atoms with E-state index in [1.807, 2.05) is 95.6 Å². The summed E-state index contributed by atoms with van der Waals surface area (Å²) < 4.78 is 22.2. The predicted molar refractivity (Wildman–Crippen MR) is 148 cm³/mol. The van der Waals surface area contributed by atoms with Gasteiger partial charge in [-0.25, -0.2) is 4.79 Å². The molecule has 4 aromatic carbocycles. The van der Waals surface area contributed by atoms with Crippen LogP contribution in [0.4, 0.5) is 0 Å². The number of hydrogen-bond donors (Lipinski definition) is 1. The van der Waals surface area contributed by atoms with Gasteiger partial charge in [-0.3, -0.25) is 0 Å². The van der Waals surface area contributed by atoms with Gasteiger partial charge in [0.25, 0.3) is 0 Å². The predicted octanol–water partition coefficient (Wildman–Crippen LogP) is 6.65. The standard InChI is InChI=1S/C30H23N3O4S/c1-36-27-10-6-5-9-21(27)17-33-26-16-22(37-18-19-7-3-2-4-8-19)12-13-23(26)28(29(33)30(34)35)20-11-14-24-25(15-20)32-38-31-24/h2-16H,17-18H2,1H3,(H,34,35). The molecule has 0 saturated heterocycles. The van der Waals surface area contributed by atoms with Crippen LogP contribution in [-0.2, 0) is 13.2 Å². The lowest BCUT2D eigenvalue weighted by Gasteiger charge is -2.13. The maximum atomic E-state index is 12.8. The highest BCUT2D eigenvalue weighted by atomic mass is 32.1. The molecule has 7 nitrogen and oxygen atoms in total. The summed E-state index contributed by atoms with van der Waals surface area (Å²) in [5.41, 5.74) is 5.78. The Hall–Kier alpha value is -4.69. The second-order valence-electron chi connectivity index (χ2n) is 8.85. The summed E-state index contributed by atoms with van der Waals surface area (Å²) in [5.74, 6) is 0.329. The number of methoxy groups -OCH3 is 1. The summed E-state index contributed by atoms with van der Waals surface area (Å²) in [6.07, 6.45) is 0. The summed E-state index contributed by atoms with van der Waals surface area (Å²) in [5, 5.41) is 11.3. The highest BCUT2D eigenvalue weighted by Gasteiger charge is 2.25. The zero-order valence-corrected chi connectivity index (χ0v) is 21.3. The SMILES string of the molecule is COc1ccccc1Cn1c(C(=O)O)c(-c2ccc3nsnc3c2)c2ccc(OCc3ccccc3)cc21. The number of carboxylic acids is 1. The Bertz CT molecular complexity index is 1780. The Balaban J connectivity index is 1.54. The van der Waals surface area contributed by atoms with Crippen molar-refractivity contribution in [2.45, 2.75) is 13.2 Å². The number of carbonyl (C=O) groups is 1. The summed E-state index contributed by atoms with van der Waals surface area (Å²) in [6, 6.07) is 29.0. The number of benzene rings is 4. The van der Waals surface area contributed by atoms with Gasteiger partial charge < -0.3 is 19.1 Å². The van der Waals surface area contributed by atoms with Crippen molar-refractivity contribution in [3.8, 4) is 22.6 Å². The van der Waals surface area contributed by atoms with Crippen molar-refractivity contribution in [2.24, 2.45) is 0 Å². The van der Waals surface area contributed by atoms with Gasteiger partial charge in [-0.15, -0.1) is 0 Å². The minimum Gasteiger partial charge on any atom is -0.496 e. The number of fused-ring (bicyclic) bond motifs is 2. The molecule has 0 aliphatic heterocycles. The summed E-state index contributed by atoms with van der Waals surface area (Å²) in [4.78, 5) is 12.8. The zero-order valence-electron chi connectivity index (χ0n) is 20.5. The van der Waals surface area contributed by atoms with Gasteiger partial charge in [-0.1, -0.05) is 54.6 Å². The first-order valence-corrected chi connectivity index (χ1v) is 12.8. The lowest BCUT2D eigenvalue weighted by Crippen LogP contribution is -2.11. The Labute approximate surface area is 222 Å². The quantitative estimate of drug-likeness (QED) is 0.241. The molecule has 2 aromatic heterocycles. The molecule has 0 fully saturated rings. The van der Waals surface area contributed by atoms with Crippen molar-refractivity contribution in [3.05, 3.63) is 108 Å². The highest BCUT2D eigenvalue weighted by Crippen LogP contribution is 2.39. The van der Waals surface area contributed by atoms with E-state index in [9.17, 15) is 9.90 Å². The number of ether oxygens (including phenoxy) is 2. The number of aromatic nitrogens is 3. The molecule has 0 radical (unpaired) electrons. The van der Waals surface area contributed by atoms with E-state index in [0.29, 0.717) is 30.2 Å². The summed E-state index contributed by atoms with van der Waals surface area (Å²) in [6.45, 7) is 0.719. The summed E-state index contributed by atoms with van der Waals surface area (Å²) >= 11 is 1.14. The number of nitrogens with zero attached hydrogens (tertiary/aromatic N) is 3. The van der Waals surface area contributed by atoms with Crippen molar-refractivity contribution in [1.82, 2.24) is 13.3 Å². The highest BCUT2D eigenvalue weighted by molar-refractivity contribution is 7.00. The fourth-order valence-corrected chi connectivity index (χ4v) is 5.30. The lowest BCUT2D eigenvalue weighted by atomic mass is 10.0. The first-order valence-electron chi connectivity index (χ1n) is 12.0. The minimum atomic E-state index is -1.02. The average Bonchev–Trinajstić information content (AvgIpc) is 3.55. The van der Waals surface area contributed by atoms with E-state index in [1.54, 1.807) is 7.11 Å². The monoisotopic (exact) mass is 521 g/mol. The van der Waals surface area contributed by atoms with Crippen LogP contribution in [0, 0.1) is 0 Å². The van der Waals surface area contributed by atoms with E-state index in [-0.39, 0.29) is 5.69 Å². The average molecular weight is 522 g/mol. The van der Waals surface area contributed by atoms with Crippen LogP contribution in [-0.4, -0.2) is 31.5 Å². The van der Waals surface area contributed by atoms with Crippen molar-refractivity contribution in [2.75, 3.05) is 7.11 Å². The van der Waals surface area contributed by atoms with Crippen molar-refractivity contribution in [3.63, 3.8) is 0 Å². The van der Waals surface area contributed by atoms with Crippen molar-refractivity contribution < 1.29 is 19.4 Å². The molecule has 0 spiro atoms. The van der Waals surface area contributed by atoms with Crippen LogP contribution in [0.1, 0.15) is 21.6 Å². The fourth-order valence-electron chi connectivity index (χ4n) is 4.78. The lowest BCUT2D eigenvalue weighted by molar-refractivity contribution is 0.0687. The molecular weight excluding hydrogens is 498 g/mol. The molecule has 0 aliphatic rings. The van der Waals surface area contributed by atoms with Gasteiger partial charge in [0.2, 0.25) is 0 Å². The Morgan fingerprint density at radius 3 is 2.53 bits per heavy atom. The van der Waals surface area contributed by atoms with Gasteiger partial charge in [0.05, 0.1) is 30.9 Å². The third-order valence-corrected chi connectivity index (χ3v) is 7.11. The molecular formula is C30H23N3O4S. The molecule has 38 heavy (non-hydrogen) atoms. The number of para-hydroxylation sites is 1. The van der Waals surface area contributed by atoms with Gasteiger partial charge in [0, 0.05) is 22.6 Å². The molecule has 0 atom stereocenters. The van der Waals surface area contributed by atoms with E-state index in [4.69, 9.17) is 9.47 Å². The zero-order chi connectivity index (χ0) is 26.1. The molecule has 6 rings (SSSR count). The third kappa shape index (κ3) is 4.35. The number of hydrogen-bond acceptors (Lipinski definition) is 6. The molecule has 6 aromatic rings. The Kier molecular flexibility index (Phi) is 6.23. The van der Waals surface area contributed by atoms with Gasteiger partial charge in [0.1, 0.15) is 34.8 Å². The van der Waals surface area contributed by atoms with Crippen LogP contribution < -0.4 is 9.47 Å². The molecule has 1 N–H and O–H groups in total. The van der Waals surface area contributed by atoms with Crippen molar-refractivity contribution in [1.29, 1.82) is 0 Å². The number of carboxylic acid groups (broad SMARTS) is 1. The summed E-state index contributed by atoms with van der Waals surface area (Å²) in [7, 11) is 1.61. The smallest absolute Gasteiger partial charge is 0.353 e. The number of aromatic carboxylic acids is 1. The van der Waals surface area contributed by atoms with E-state index >= 15 is 0 Å². The molecule has 0 bridgehead atoms. The van der Waals surface area contributed by atoms with Crippen LogP contribution in [0.25, 0.3) is 33.1 Å². The third-order valence-electron chi connectivity index (χ3n) is 6.55. The van der Waals surface area contributed by atoms with Crippen LogP contribution in [0.15, 0.2) is 91.0 Å². The van der Waals surface area contributed by atoms with Crippen LogP contribution in [0.3, 0.4) is 0 Å². The minimum absolute atomic E-state index is 0.189. The van der Waals surface area contributed by atoms with E-state index in [0.717, 1.165) is 50.4 Å². The van der Waals surface area contributed by atoms with Gasteiger partial charge in [-0.05, 0) is 41.5 Å². The topological polar surface area (TPSA) is 86.5 Å². The van der Waals surface area contributed by atoms with E-state index < -0.39 is 5.97 Å². The Morgan fingerprint density at radius 2 is 1.71 bits per heavy atom. The Morgan fingerprint density at radius 1 is 0.921 bits per heavy atom. The first kappa shape index (κ1) is 23.7.